The second kappa shape index (κ2) is 3.36. The number of nitrogens with zero attached hydrogens (tertiary/aromatic N) is 2. The minimum absolute atomic E-state index is 0.0592. The number of hydrogen-bond donors (Lipinski definition) is 2. The minimum Gasteiger partial charge on any atom is -0.478 e. The summed E-state index contributed by atoms with van der Waals surface area (Å²) in [6.07, 6.45) is 0. The molecule has 1 heterocycles. The van der Waals surface area contributed by atoms with Gasteiger partial charge in [-0.15, -0.1) is 10.2 Å². The molecule has 0 saturated heterocycles. The van der Waals surface area contributed by atoms with Gasteiger partial charge >= 0.3 is 5.97 Å². The molecule has 0 radical (unpaired) electrons. The van der Waals surface area contributed by atoms with Crippen LogP contribution in [0.25, 0.3) is 0 Å². The Morgan fingerprint density at radius 3 is 2.83 bits per heavy atom. The molecule has 1 rings (SSSR count). The van der Waals surface area contributed by atoms with Gasteiger partial charge in [-0.2, -0.15) is 0 Å². The van der Waals surface area contributed by atoms with Crippen molar-refractivity contribution in [3.63, 3.8) is 0 Å². The van der Waals surface area contributed by atoms with Crippen molar-refractivity contribution in [2.75, 3.05) is 12.4 Å². The second-order valence-electron chi connectivity index (χ2n) is 1.99. The predicted octanol–water partition coefficient (Wildman–Crippen LogP) is 0.870. The average Bonchev–Trinajstić information content (AvgIpc) is 2.05. The van der Waals surface area contributed by atoms with E-state index >= 15 is 0 Å². The maximum atomic E-state index is 10.5. The van der Waals surface area contributed by atoms with Gasteiger partial charge < -0.3 is 10.4 Å². The number of aromatic carboxylic acids is 1. The molecule has 1 aromatic rings. The first-order chi connectivity index (χ1) is 5.65. The number of rotatable bonds is 2. The molecule has 64 valence electrons. The number of anilines is 1. The zero-order valence-corrected chi connectivity index (χ0v) is 6.96. The van der Waals surface area contributed by atoms with Crippen molar-refractivity contribution >= 4 is 23.4 Å². The van der Waals surface area contributed by atoms with Crippen LogP contribution < -0.4 is 5.32 Å². The standard InChI is InChI=1S/C6H6ClN3O2/c1-8-4-2-3(6(11)12)5(7)10-9-4/h2H,1H3,(H,8,9)(H,11,12). The van der Waals surface area contributed by atoms with Crippen LogP contribution in [-0.4, -0.2) is 28.3 Å². The van der Waals surface area contributed by atoms with Crippen LogP contribution in [0.1, 0.15) is 10.4 Å². The fourth-order valence-corrected chi connectivity index (χ4v) is 0.822. The molecule has 0 aliphatic carbocycles. The van der Waals surface area contributed by atoms with Gasteiger partial charge in [0, 0.05) is 7.05 Å². The molecule has 0 atom stereocenters. The van der Waals surface area contributed by atoms with Crippen molar-refractivity contribution in [3.8, 4) is 0 Å². The van der Waals surface area contributed by atoms with Crippen molar-refractivity contribution in [2.45, 2.75) is 0 Å². The molecule has 2 N–H and O–H groups in total. The Labute approximate surface area is 73.4 Å². The molecule has 0 spiro atoms. The summed E-state index contributed by atoms with van der Waals surface area (Å²) in [6.45, 7) is 0. The highest BCUT2D eigenvalue weighted by Gasteiger charge is 2.10. The highest BCUT2D eigenvalue weighted by Crippen LogP contribution is 2.14. The van der Waals surface area contributed by atoms with Crippen molar-refractivity contribution in [3.05, 3.63) is 16.8 Å². The van der Waals surface area contributed by atoms with E-state index in [1.54, 1.807) is 7.05 Å². The summed E-state index contributed by atoms with van der Waals surface area (Å²) in [7, 11) is 1.61. The summed E-state index contributed by atoms with van der Waals surface area (Å²) >= 11 is 5.47. The molecule has 0 aliphatic rings. The van der Waals surface area contributed by atoms with Crippen molar-refractivity contribution in [1.29, 1.82) is 0 Å². The summed E-state index contributed by atoms with van der Waals surface area (Å²) in [5, 5.41) is 18.2. The highest BCUT2D eigenvalue weighted by atomic mass is 35.5. The lowest BCUT2D eigenvalue weighted by Crippen LogP contribution is -2.03. The summed E-state index contributed by atoms with van der Waals surface area (Å²) < 4.78 is 0. The Morgan fingerprint density at radius 2 is 2.33 bits per heavy atom. The lowest BCUT2D eigenvalue weighted by atomic mass is 10.3. The van der Waals surface area contributed by atoms with Gasteiger partial charge in [0.25, 0.3) is 0 Å². The maximum Gasteiger partial charge on any atom is 0.339 e. The van der Waals surface area contributed by atoms with Crippen molar-refractivity contribution in [1.82, 2.24) is 10.2 Å². The van der Waals surface area contributed by atoms with Crippen LogP contribution in [0, 0.1) is 0 Å². The monoisotopic (exact) mass is 187 g/mol. The van der Waals surface area contributed by atoms with Gasteiger partial charge in [0.05, 0.1) is 0 Å². The smallest absolute Gasteiger partial charge is 0.339 e. The molecule has 1 aromatic heterocycles. The lowest BCUT2D eigenvalue weighted by molar-refractivity contribution is 0.0696. The van der Waals surface area contributed by atoms with E-state index in [-0.39, 0.29) is 10.7 Å². The first-order valence-corrected chi connectivity index (χ1v) is 3.47. The number of carbonyl (C=O) groups is 1. The third-order valence-electron chi connectivity index (χ3n) is 1.24. The van der Waals surface area contributed by atoms with Crippen LogP contribution in [0.2, 0.25) is 5.15 Å². The molecule has 0 bridgehead atoms. The van der Waals surface area contributed by atoms with Gasteiger partial charge in [0.1, 0.15) is 11.4 Å². The largest absolute Gasteiger partial charge is 0.478 e. The van der Waals surface area contributed by atoms with E-state index in [1.165, 1.54) is 6.07 Å². The SMILES string of the molecule is CNc1cc(C(=O)O)c(Cl)nn1. The average molecular weight is 188 g/mol. The Bertz CT molecular complexity index is 316. The maximum absolute atomic E-state index is 10.5. The van der Waals surface area contributed by atoms with Gasteiger partial charge in [0.15, 0.2) is 5.15 Å². The van der Waals surface area contributed by atoms with Crippen molar-refractivity contribution < 1.29 is 9.90 Å². The summed E-state index contributed by atoms with van der Waals surface area (Å²) in [5.41, 5.74) is -0.0592. The molecule has 0 aliphatic heterocycles. The molecular formula is C6H6ClN3O2. The van der Waals surface area contributed by atoms with Crippen LogP contribution in [0.15, 0.2) is 6.07 Å². The second-order valence-corrected chi connectivity index (χ2v) is 2.35. The summed E-state index contributed by atoms with van der Waals surface area (Å²) in [4.78, 5) is 10.5. The molecule has 0 amide bonds. The molecular weight excluding hydrogens is 182 g/mol. The van der Waals surface area contributed by atoms with E-state index in [0.717, 1.165) is 0 Å². The number of nitrogens with one attached hydrogen (secondary N) is 1. The quantitative estimate of drug-likeness (QED) is 0.719. The van der Waals surface area contributed by atoms with E-state index in [2.05, 4.69) is 15.5 Å². The Kier molecular flexibility index (Phi) is 2.44. The van der Waals surface area contributed by atoms with Gasteiger partial charge in [-0.1, -0.05) is 11.6 Å². The first-order valence-electron chi connectivity index (χ1n) is 3.09. The van der Waals surface area contributed by atoms with E-state index in [0.29, 0.717) is 5.82 Å². The number of hydrogen-bond acceptors (Lipinski definition) is 4. The highest BCUT2D eigenvalue weighted by molar-refractivity contribution is 6.32. The van der Waals surface area contributed by atoms with Crippen LogP contribution in [0.4, 0.5) is 5.82 Å². The van der Waals surface area contributed by atoms with Gasteiger partial charge in [-0.05, 0) is 6.07 Å². The zero-order valence-electron chi connectivity index (χ0n) is 6.21. The topological polar surface area (TPSA) is 75.1 Å². The Morgan fingerprint density at radius 1 is 1.67 bits per heavy atom. The molecule has 0 unspecified atom stereocenters. The van der Waals surface area contributed by atoms with Crippen LogP contribution in [0.5, 0.6) is 0 Å². The minimum atomic E-state index is -1.12. The van der Waals surface area contributed by atoms with Crippen LogP contribution >= 0.6 is 11.6 Å². The fraction of sp³-hybridized carbons (Fsp3) is 0.167. The molecule has 6 heteroatoms. The number of halogens is 1. The molecule has 0 aromatic carbocycles. The molecule has 0 saturated carbocycles. The van der Waals surface area contributed by atoms with E-state index in [1.807, 2.05) is 0 Å². The Balaban J connectivity index is 3.17. The molecule has 5 nitrogen and oxygen atoms in total. The summed E-state index contributed by atoms with van der Waals surface area (Å²) in [5.74, 6) is -0.747. The third-order valence-corrected chi connectivity index (χ3v) is 1.51. The summed E-state index contributed by atoms with van der Waals surface area (Å²) in [6, 6.07) is 1.32. The normalized spacial score (nSPS) is 9.50. The van der Waals surface area contributed by atoms with E-state index in [9.17, 15) is 4.79 Å². The zero-order chi connectivity index (χ0) is 9.14. The number of carboxylic acid groups (broad SMARTS) is 1. The van der Waals surface area contributed by atoms with Gasteiger partial charge in [-0.25, -0.2) is 4.79 Å². The van der Waals surface area contributed by atoms with E-state index < -0.39 is 5.97 Å². The van der Waals surface area contributed by atoms with Crippen LogP contribution in [0.3, 0.4) is 0 Å². The third kappa shape index (κ3) is 1.62. The lowest BCUT2D eigenvalue weighted by Gasteiger charge is -1.99. The number of carboxylic acids is 1. The molecule has 0 fully saturated rings. The first kappa shape index (κ1) is 8.73. The fourth-order valence-electron chi connectivity index (χ4n) is 0.649. The number of aromatic nitrogens is 2. The van der Waals surface area contributed by atoms with Crippen LogP contribution in [-0.2, 0) is 0 Å². The predicted molar refractivity (Wildman–Crippen MR) is 43.5 cm³/mol. The van der Waals surface area contributed by atoms with Crippen molar-refractivity contribution in [2.24, 2.45) is 0 Å². The van der Waals surface area contributed by atoms with E-state index in [4.69, 9.17) is 16.7 Å². The van der Waals surface area contributed by atoms with Gasteiger partial charge in [-0.3, -0.25) is 0 Å². The molecule has 12 heavy (non-hydrogen) atoms. The van der Waals surface area contributed by atoms with Gasteiger partial charge in [0.2, 0.25) is 0 Å². The Hall–Kier alpha value is -1.36.